The van der Waals surface area contributed by atoms with Gasteiger partial charge in [0.25, 0.3) is 5.91 Å². The fourth-order valence-corrected chi connectivity index (χ4v) is 3.12. The molecular formula is C17H27N3O. The van der Waals surface area contributed by atoms with Gasteiger partial charge in [-0.3, -0.25) is 9.69 Å². The van der Waals surface area contributed by atoms with E-state index >= 15 is 0 Å². The summed E-state index contributed by atoms with van der Waals surface area (Å²) in [5, 5.41) is 0. The van der Waals surface area contributed by atoms with Crippen LogP contribution in [0.3, 0.4) is 0 Å². The molecule has 0 aliphatic carbocycles. The molecule has 4 nitrogen and oxygen atoms in total. The molecule has 0 aromatic heterocycles. The van der Waals surface area contributed by atoms with Crippen molar-refractivity contribution in [2.45, 2.75) is 32.2 Å². The molecular weight excluding hydrogens is 262 g/mol. The van der Waals surface area contributed by atoms with E-state index in [1.165, 1.54) is 18.4 Å². The van der Waals surface area contributed by atoms with E-state index in [0.29, 0.717) is 12.6 Å². The van der Waals surface area contributed by atoms with Crippen LogP contribution in [-0.4, -0.2) is 55.0 Å². The first-order chi connectivity index (χ1) is 10.2. The molecule has 0 bridgehead atoms. The normalized spacial score (nSPS) is 18.9. The molecule has 0 saturated carbocycles. The molecule has 4 heteroatoms. The summed E-state index contributed by atoms with van der Waals surface area (Å²) in [6, 6.07) is 8.34. The Kier molecular flexibility index (Phi) is 5.76. The van der Waals surface area contributed by atoms with Crippen molar-refractivity contribution in [3.05, 3.63) is 35.4 Å². The minimum atomic E-state index is 0.109. The van der Waals surface area contributed by atoms with E-state index in [9.17, 15) is 4.79 Å². The zero-order valence-corrected chi connectivity index (χ0v) is 13.2. The minimum absolute atomic E-state index is 0.109. The number of likely N-dealkylation sites (N-methyl/N-ethyl adjacent to an activating group) is 2. The lowest BCUT2D eigenvalue weighted by Gasteiger charge is -2.27. The third kappa shape index (κ3) is 4.05. The number of hydrogen-bond donors (Lipinski definition) is 1. The molecule has 0 radical (unpaired) electrons. The fraction of sp³-hybridized carbons (Fsp3) is 0.588. The predicted molar refractivity (Wildman–Crippen MR) is 86.4 cm³/mol. The maximum atomic E-state index is 12.5. The number of hydrogen-bond acceptors (Lipinski definition) is 3. The molecule has 1 saturated heterocycles. The first kappa shape index (κ1) is 16.0. The summed E-state index contributed by atoms with van der Waals surface area (Å²) in [6.45, 7) is 5.88. The number of likely N-dealkylation sites (tertiary alicyclic amines) is 1. The second kappa shape index (κ2) is 7.57. The van der Waals surface area contributed by atoms with Crippen molar-refractivity contribution in [1.82, 2.24) is 9.80 Å². The van der Waals surface area contributed by atoms with Crippen molar-refractivity contribution in [3.63, 3.8) is 0 Å². The number of rotatable bonds is 6. The van der Waals surface area contributed by atoms with E-state index in [1.807, 2.05) is 36.2 Å². The van der Waals surface area contributed by atoms with Gasteiger partial charge < -0.3 is 10.6 Å². The summed E-state index contributed by atoms with van der Waals surface area (Å²) >= 11 is 0. The molecule has 116 valence electrons. The van der Waals surface area contributed by atoms with Crippen molar-refractivity contribution in [1.29, 1.82) is 0 Å². The van der Waals surface area contributed by atoms with Crippen LogP contribution in [-0.2, 0) is 6.42 Å². The van der Waals surface area contributed by atoms with Gasteiger partial charge in [-0.05, 0) is 56.6 Å². The van der Waals surface area contributed by atoms with Gasteiger partial charge in [-0.1, -0.05) is 19.1 Å². The Balaban J connectivity index is 1.95. The van der Waals surface area contributed by atoms with Crippen LogP contribution in [0.15, 0.2) is 24.3 Å². The molecule has 1 aromatic carbocycles. The Morgan fingerprint density at radius 1 is 1.38 bits per heavy atom. The molecule has 1 unspecified atom stereocenters. The summed E-state index contributed by atoms with van der Waals surface area (Å²) in [7, 11) is 1.91. The maximum Gasteiger partial charge on any atom is 0.253 e. The summed E-state index contributed by atoms with van der Waals surface area (Å²) in [5.74, 6) is 0.109. The van der Waals surface area contributed by atoms with Gasteiger partial charge >= 0.3 is 0 Å². The number of amides is 1. The van der Waals surface area contributed by atoms with Crippen LogP contribution in [0.5, 0.6) is 0 Å². The van der Waals surface area contributed by atoms with Crippen LogP contribution in [0.25, 0.3) is 0 Å². The molecule has 1 atom stereocenters. The van der Waals surface area contributed by atoms with Crippen LogP contribution in [0.2, 0.25) is 0 Å². The highest BCUT2D eigenvalue weighted by molar-refractivity contribution is 5.94. The SMILES string of the molecule is CCN1CCCC1CN(C)C(=O)c1ccc(CCN)cc1. The molecule has 2 N–H and O–H groups in total. The van der Waals surface area contributed by atoms with Crippen molar-refractivity contribution in [2.24, 2.45) is 5.73 Å². The molecule has 2 rings (SSSR count). The highest BCUT2D eigenvalue weighted by Crippen LogP contribution is 2.18. The average molecular weight is 289 g/mol. The predicted octanol–water partition coefficient (Wildman–Crippen LogP) is 1.74. The van der Waals surface area contributed by atoms with Gasteiger partial charge in [0.05, 0.1) is 0 Å². The molecule has 1 amide bonds. The number of carbonyl (C=O) groups excluding carboxylic acids is 1. The minimum Gasteiger partial charge on any atom is -0.340 e. The monoisotopic (exact) mass is 289 g/mol. The van der Waals surface area contributed by atoms with E-state index in [4.69, 9.17) is 5.73 Å². The lowest BCUT2D eigenvalue weighted by Crippen LogP contribution is -2.41. The van der Waals surface area contributed by atoms with Crippen LogP contribution >= 0.6 is 0 Å². The van der Waals surface area contributed by atoms with E-state index < -0.39 is 0 Å². The Labute approximate surface area is 127 Å². The number of nitrogens with two attached hydrogens (primary N) is 1. The van der Waals surface area contributed by atoms with E-state index in [1.54, 1.807) is 0 Å². The number of nitrogens with zero attached hydrogens (tertiary/aromatic N) is 2. The fourth-order valence-electron chi connectivity index (χ4n) is 3.12. The molecule has 1 aromatic rings. The molecule has 0 spiro atoms. The zero-order valence-electron chi connectivity index (χ0n) is 13.2. The van der Waals surface area contributed by atoms with Gasteiger partial charge in [0.1, 0.15) is 0 Å². The van der Waals surface area contributed by atoms with Gasteiger partial charge in [-0.2, -0.15) is 0 Å². The molecule has 1 aliphatic rings. The van der Waals surface area contributed by atoms with Gasteiger partial charge in [-0.15, -0.1) is 0 Å². The van der Waals surface area contributed by atoms with Crippen LogP contribution in [0.4, 0.5) is 0 Å². The zero-order chi connectivity index (χ0) is 15.2. The third-order valence-corrected chi connectivity index (χ3v) is 4.37. The van der Waals surface area contributed by atoms with Crippen LogP contribution in [0, 0.1) is 0 Å². The van der Waals surface area contributed by atoms with Crippen molar-refractivity contribution in [2.75, 3.05) is 33.2 Å². The van der Waals surface area contributed by atoms with Gasteiger partial charge in [-0.25, -0.2) is 0 Å². The summed E-state index contributed by atoms with van der Waals surface area (Å²) in [4.78, 5) is 16.8. The third-order valence-electron chi connectivity index (χ3n) is 4.37. The van der Waals surface area contributed by atoms with E-state index in [0.717, 1.165) is 31.6 Å². The highest BCUT2D eigenvalue weighted by Gasteiger charge is 2.25. The Hall–Kier alpha value is -1.39. The first-order valence-corrected chi connectivity index (χ1v) is 7.94. The summed E-state index contributed by atoms with van der Waals surface area (Å²) < 4.78 is 0. The molecule has 1 heterocycles. The highest BCUT2D eigenvalue weighted by atomic mass is 16.2. The van der Waals surface area contributed by atoms with Crippen LogP contribution in [0.1, 0.15) is 35.7 Å². The van der Waals surface area contributed by atoms with Crippen molar-refractivity contribution < 1.29 is 4.79 Å². The Morgan fingerprint density at radius 3 is 2.71 bits per heavy atom. The summed E-state index contributed by atoms with van der Waals surface area (Å²) in [6.07, 6.45) is 3.30. The van der Waals surface area contributed by atoms with E-state index in [-0.39, 0.29) is 5.91 Å². The van der Waals surface area contributed by atoms with Gasteiger partial charge in [0.15, 0.2) is 0 Å². The lowest BCUT2D eigenvalue weighted by atomic mass is 10.1. The average Bonchev–Trinajstić information content (AvgIpc) is 2.94. The molecule has 1 fully saturated rings. The van der Waals surface area contributed by atoms with Crippen molar-refractivity contribution in [3.8, 4) is 0 Å². The number of benzene rings is 1. The van der Waals surface area contributed by atoms with Crippen molar-refractivity contribution >= 4 is 5.91 Å². The molecule has 1 aliphatic heterocycles. The largest absolute Gasteiger partial charge is 0.340 e. The van der Waals surface area contributed by atoms with Gasteiger partial charge in [0, 0.05) is 25.2 Å². The quantitative estimate of drug-likeness (QED) is 0.868. The molecule has 21 heavy (non-hydrogen) atoms. The Bertz CT molecular complexity index is 458. The second-order valence-corrected chi connectivity index (χ2v) is 5.85. The van der Waals surface area contributed by atoms with Gasteiger partial charge in [0.2, 0.25) is 0 Å². The maximum absolute atomic E-state index is 12.5. The second-order valence-electron chi connectivity index (χ2n) is 5.85. The van der Waals surface area contributed by atoms with E-state index in [2.05, 4.69) is 11.8 Å². The lowest BCUT2D eigenvalue weighted by molar-refractivity contribution is 0.0754. The summed E-state index contributed by atoms with van der Waals surface area (Å²) in [5.41, 5.74) is 7.49. The Morgan fingerprint density at radius 2 is 2.10 bits per heavy atom. The topological polar surface area (TPSA) is 49.6 Å². The smallest absolute Gasteiger partial charge is 0.253 e. The first-order valence-electron chi connectivity index (χ1n) is 7.94. The number of carbonyl (C=O) groups is 1. The standard InChI is InChI=1S/C17H27N3O/c1-3-20-12-4-5-16(20)13-19(2)17(21)15-8-6-14(7-9-15)10-11-18/h6-9,16H,3-5,10-13,18H2,1-2H3. The van der Waals surface area contributed by atoms with Crippen LogP contribution < -0.4 is 5.73 Å².